The van der Waals surface area contributed by atoms with Crippen LogP contribution in [0.25, 0.3) is 0 Å². The Hall–Kier alpha value is -2.08. The first-order valence-corrected chi connectivity index (χ1v) is 6.89. The van der Waals surface area contributed by atoms with E-state index in [0.717, 1.165) is 28.7 Å². The lowest BCUT2D eigenvalue weighted by Gasteiger charge is -2.17. The van der Waals surface area contributed by atoms with Gasteiger partial charge >= 0.3 is 0 Å². The summed E-state index contributed by atoms with van der Waals surface area (Å²) in [6, 6.07) is 6.03. The predicted octanol–water partition coefficient (Wildman–Crippen LogP) is 1.99. The summed E-state index contributed by atoms with van der Waals surface area (Å²) in [5, 5.41) is 11.4. The number of hydrogen-bond donors (Lipinski definition) is 1. The second-order valence-corrected chi connectivity index (χ2v) is 4.93. The minimum Gasteiger partial charge on any atom is -0.497 e. The minimum absolute atomic E-state index is 0.187. The molecule has 0 fully saturated rings. The molecule has 0 aliphatic rings. The van der Waals surface area contributed by atoms with Crippen molar-refractivity contribution < 1.29 is 9.47 Å². The Bertz CT molecular complexity index is 610. The SMILES string of the molecule is CNC(C)c1ccc(OC)cc1OCc1nnc(C)n1C. The van der Waals surface area contributed by atoms with Crippen LogP contribution < -0.4 is 14.8 Å². The van der Waals surface area contributed by atoms with Crippen molar-refractivity contribution in [2.24, 2.45) is 7.05 Å². The zero-order chi connectivity index (χ0) is 15.4. The van der Waals surface area contributed by atoms with Crippen molar-refractivity contribution in [3.05, 3.63) is 35.4 Å². The molecule has 0 spiro atoms. The average molecular weight is 290 g/mol. The monoisotopic (exact) mass is 290 g/mol. The molecule has 0 saturated carbocycles. The second-order valence-electron chi connectivity index (χ2n) is 4.93. The molecule has 1 atom stereocenters. The van der Waals surface area contributed by atoms with Crippen LogP contribution in [0.2, 0.25) is 0 Å². The van der Waals surface area contributed by atoms with Gasteiger partial charge in [-0.15, -0.1) is 10.2 Å². The molecule has 0 aliphatic carbocycles. The van der Waals surface area contributed by atoms with Crippen molar-refractivity contribution in [2.75, 3.05) is 14.2 Å². The van der Waals surface area contributed by atoms with Crippen molar-refractivity contribution in [3.63, 3.8) is 0 Å². The first-order valence-electron chi connectivity index (χ1n) is 6.89. The molecule has 21 heavy (non-hydrogen) atoms. The van der Waals surface area contributed by atoms with Gasteiger partial charge in [0.1, 0.15) is 23.9 Å². The minimum atomic E-state index is 0.187. The van der Waals surface area contributed by atoms with Crippen LogP contribution >= 0.6 is 0 Å². The summed E-state index contributed by atoms with van der Waals surface area (Å²) < 4.78 is 13.1. The fourth-order valence-corrected chi connectivity index (χ4v) is 2.00. The Balaban J connectivity index is 2.22. The third-order valence-electron chi connectivity index (χ3n) is 3.66. The van der Waals surface area contributed by atoms with Gasteiger partial charge < -0.3 is 19.4 Å². The van der Waals surface area contributed by atoms with Crippen molar-refractivity contribution in [1.82, 2.24) is 20.1 Å². The van der Waals surface area contributed by atoms with Gasteiger partial charge in [0, 0.05) is 24.7 Å². The van der Waals surface area contributed by atoms with Gasteiger partial charge in [0.05, 0.1) is 7.11 Å². The maximum atomic E-state index is 5.94. The number of nitrogens with zero attached hydrogens (tertiary/aromatic N) is 3. The zero-order valence-electron chi connectivity index (χ0n) is 13.2. The first kappa shape index (κ1) is 15.3. The highest BCUT2D eigenvalue weighted by molar-refractivity contribution is 5.42. The molecular formula is C15H22N4O2. The van der Waals surface area contributed by atoms with E-state index in [-0.39, 0.29) is 6.04 Å². The third kappa shape index (κ3) is 3.33. The highest BCUT2D eigenvalue weighted by atomic mass is 16.5. The van der Waals surface area contributed by atoms with Crippen LogP contribution in [0.1, 0.15) is 30.2 Å². The molecule has 0 amide bonds. The number of benzene rings is 1. The largest absolute Gasteiger partial charge is 0.497 e. The topological polar surface area (TPSA) is 61.2 Å². The standard InChI is InChI=1S/C15H22N4O2/c1-10(16-3)13-7-6-12(20-5)8-14(13)21-9-15-18-17-11(2)19(15)4/h6-8,10,16H,9H2,1-5H3. The number of rotatable bonds is 6. The molecule has 0 aliphatic heterocycles. The summed E-state index contributed by atoms with van der Waals surface area (Å²) in [6.07, 6.45) is 0. The number of nitrogens with one attached hydrogen (secondary N) is 1. The quantitative estimate of drug-likeness (QED) is 0.881. The summed E-state index contributed by atoms with van der Waals surface area (Å²) in [5.41, 5.74) is 1.08. The molecule has 1 aromatic carbocycles. The predicted molar refractivity (Wildman–Crippen MR) is 80.5 cm³/mol. The number of hydrogen-bond acceptors (Lipinski definition) is 5. The van der Waals surface area contributed by atoms with Crippen molar-refractivity contribution >= 4 is 0 Å². The fraction of sp³-hybridized carbons (Fsp3) is 0.467. The molecule has 0 radical (unpaired) electrons. The normalized spacial score (nSPS) is 12.2. The fourth-order valence-electron chi connectivity index (χ4n) is 2.00. The average Bonchev–Trinajstić information content (AvgIpc) is 2.83. The van der Waals surface area contributed by atoms with E-state index in [9.17, 15) is 0 Å². The van der Waals surface area contributed by atoms with E-state index >= 15 is 0 Å². The second kappa shape index (κ2) is 6.58. The lowest BCUT2D eigenvalue weighted by Crippen LogP contribution is -2.14. The lowest BCUT2D eigenvalue weighted by atomic mass is 10.1. The highest BCUT2D eigenvalue weighted by Crippen LogP contribution is 2.30. The number of ether oxygens (including phenoxy) is 2. The van der Waals surface area contributed by atoms with Crippen molar-refractivity contribution in [3.8, 4) is 11.5 Å². The van der Waals surface area contributed by atoms with Crippen LogP contribution in [-0.4, -0.2) is 28.9 Å². The molecule has 2 rings (SSSR count). The third-order valence-corrected chi connectivity index (χ3v) is 3.66. The van der Waals surface area contributed by atoms with Crippen LogP contribution in [0.15, 0.2) is 18.2 Å². The van der Waals surface area contributed by atoms with Gasteiger partial charge in [-0.1, -0.05) is 6.07 Å². The van der Waals surface area contributed by atoms with E-state index in [2.05, 4.69) is 22.4 Å². The maximum absolute atomic E-state index is 5.94. The van der Waals surface area contributed by atoms with Gasteiger partial charge in [-0.2, -0.15) is 0 Å². The summed E-state index contributed by atoms with van der Waals surface area (Å²) in [7, 11) is 5.49. The van der Waals surface area contributed by atoms with Gasteiger partial charge in [0.2, 0.25) is 0 Å². The molecule has 114 valence electrons. The Kier molecular flexibility index (Phi) is 4.80. The van der Waals surface area contributed by atoms with Crippen LogP contribution in [-0.2, 0) is 13.7 Å². The van der Waals surface area contributed by atoms with E-state index in [0.29, 0.717) is 6.61 Å². The van der Waals surface area contributed by atoms with E-state index in [1.807, 2.05) is 43.8 Å². The van der Waals surface area contributed by atoms with Crippen LogP contribution in [0, 0.1) is 6.92 Å². The summed E-state index contributed by atoms with van der Waals surface area (Å²) in [6.45, 7) is 4.37. The van der Waals surface area contributed by atoms with E-state index in [1.165, 1.54) is 0 Å². The number of aryl methyl sites for hydroxylation is 1. The molecular weight excluding hydrogens is 268 g/mol. The van der Waals surface area contributed by atoms with E-state index in [1.54, 1.807) is 7.11 Å². The molecule has 6 nitrogen and oxygen atoms in total. The Morgan fingerprint density at radius 3 is 2.67 bits per heavy atom. The van der Waals surface area contributed by atoms with Gasteiger partial charge in [-0.05, 0) is 27.0 Å². The molecule has 1 heterocycles. The van der Waals surface area contributed by atoms with Gasteiger partial charge in [-0.25, -0.2) is 0 Å². The van der Waals surface area contributed by atoms with Gasteiger partial charge in [-0.3, -0.25) is 0 Å². The Labute approximate surface area is 125 Å². The lowest BCUT2D eigenvalue weighted by molar-refractivity contribution is 0.283. The van der Waals surface area contributed by atoms with Gasteiger partial charge in [0.25, 0.3) is 0 Å². The van der Waals surface area contributed by atoms with Crippen molar-refractivity contribution in [1.29, 1.82) is 0 Å². The van der Waals surface area contributed by atoms with Crippen LogP contribution in [0.4, 0.5) is 0 Å². The first-order chi connectivity index (χ1) is 10.1. The summed E-state index contributed by atoms with van der Waals surface area (Å²) >= 11 is 0. The number of methoxy groups -OCH3 is 1. The van der Waals surface area contributed by atoms with E-state index in [4.69, 9.17) is 9.47 Å². The van der Waals surface area contributed by atoms with E-state index < -0.39 is 0 Å². The summed E-state index contributed by atoms with van der Waals surface area (Å²) in [4.78, 5) is 0. The van der Waals surface area contributed by atoms with Gasteiger partial charge in [0.15, 0.2) is 5.82 Å². The smallest absolute Gasteiger partial charge is 0.170 e. The molecule has 0 saturated heterocycles. The molecule has 1 N–H and O–H groups in total. The van der Waals surface area contributed by atoms with Crippen LogP contribution in [0.5, 0.6) is 11.5 Å². The molecule has 6 heteroatoms. The molecule has 0 bridgehead atoms. The molecule has 2 aromatic rings. The number of aromatic nitrogens is 3. The molecule has 1 aromatic heterocycles. The summed E-state index contributed by atoms with van der Waals surface area (Å²) in [5.74, 6) is 3.21. The highest BCUT2D eigenvalue weighted by Gasteiger charge is 2.13. The zero-order valence-corrected chi connectivity index (χ0v) is 13.2. The maximum Gasteiger partial charge on any atom is 0.170 e. The Morgan fingerprint density at radius 2 is 2.10 bits per heavy atom. The molecule has 1 unspecified atom stereocenters. The van der Waals surface area contributed by atoms with Crippen LogP contribution in [0.3, 0.4) is 0 Å². The Morgan fingerprint density at radius 1 is 1.33 bits per heavy atom. The van der Waals surface area contributed by atoms with Crippen molar-refractivity contribution in [2.45, 2.75) is 26.5 Å².